The molecule has 0 bridgehead atoms. The van der Waals surface area contributed by atoms with Crippen molar-refractivity contribution in [3.63, 3.8) is 0 Å². The fourth-order valence-electron chi connectivity index (χ4n) is 7.16. The maximum Gasteiger partial charge on any atom is 0.303 e. The lowest BCUT2D eigenvalue weighted by atomic mass is 9.75. The van der Waals surface area contributed by atoms with Crippen molar-refractivity contribution >= 4 is 43.9 Å². The van der Waals surface area contributed by atoms with Gasteiger partial charge in [0.05, 0.1) is 30.4 Å². The van der Waals surface area contributed by atoms with E-state index in [0.29, 0.717) is 69.8 Å². The van der Waals surface area contributed by atoms with Gasteiger partial charge in [-0.2, -0.15) is 16.8 Å². The summed E-state index contributed by atoms with van der Waals surface area (Å²) in [4.78, 5) is 26.9. The molecule has 1 aliphatic carbocycles. The highest BCUT2D eigenvalue weighted by molar-refractivity contribution is 7.86. The second kappa shape index (κ2) is 22.0. The van der Waals surface area contributed by atoms with Crippen molar-refractivity contribution in [1.29, 1.82) is 0 Å². The predicted molar refractivity (Wildman–Crippen MR) is 223 cm³/mol. The van der Waals surface area contributed by atoms with E-state index in [9.17, 15) is 31.0 Å². The van der Waals surface area contributed by atoms with Crippen LogP contribution in [-0.2, 0) is 35.2 Å². The van der Waals surface area contributed by atoms with Crippen LogP contribution in [0.25, 0.3) is 17.4 Å². The zero-order chi connectivity index (χ0) is 42.2. The number of carboxylic acids is 1. The van der Waals surface area contributed by atoms with E-state index in [0.717, 1.165) is 33.4 Å². The molecule has 0 aromatic heterocycles. The molecule has 0 spiro atoms. The van der Waals surface area contributed by atoms with Gasteiger partial charge in [0.1, 0.15) is 18.8 Å². The van der Waals surface area contributed by atoms with E-state index in [4.69, 9.17) is 18.8 Å². The van der Waals surface area contributed by atoms with Gasteiger partial charge in [0.25, 0.3) is 26.1 Å². The minimum absolute atomic E-state index is 0.0600. The molecule has 2 aliphatic heterocycles. The first-order valence-electron chi connectivity index (χ1n) is 19.4. The summed E-state index contributed by atoms with van der Waals surface area (Å²) in [5.74, 6) is -1.33. The molecule has 16 heteroatoms. The predicted octanol–water partition coefficient (Wildman–Crippen LogP) is 5.84. The Hall–Kier alpha value is -4.35. The van der Waals surface area contributed by atoms with Gasteiger partial charge in [-0.1, -0.05) is 38.5 Å². The third-order valence-corrected chi connectivity index (χ3v) is 11.4. The monoisotopic (exact) mass is 832 g/mol. The zero-order valence-electron chi connectivity index (χ0n) is 33.6. The molecule has 0 radical (unpaired) electrons. The van der Waals surface area contributed by atoms with Crippen molar-refractivity contribution in [3.05, 3.63) is 88.6 Å². The van der Waals surface area contributed by atoms with Gasteiger partial charge in [0, 0.05) is 72.6 Å². The van der Waals surface area contributed by atoms with Gasteiger partial charge < -0.3 is 24.5 Å². The lowest BCUT2D eigenvalue weighted by Gasteiger charge is -2.31. The number of aliphatic carboxylic acids is 1. The molecular formula is C41H58N3O11S2+. The van der Waals surface area contributed by atoms with Gasteiger partial charge >= 0.3 is 5.97 Å². The fraction of sp³-hybridized carbons (Fsp3) is 0.488. The van der Waals surface area contributed by atoms with Crippen LogP contribution in [0.2, 0.25) is 0 Å². The number of nitrogens with one attached hydrogen (secondary N) is 1. The highest BCUT2D eigenvalue weighted by Crippen LogP contribution is 2.52. The number of carbonyl (C=O) groups excluding carboxylic acids is 1. The fourth-order valence-corrected chi connectivity index (χ4v) is 8.16. The third-order valence-electron chi connectivity index (χ3n) is 9.75. The molecule has 1 unspecified atom stereocenters. The summed E-state index contributed by atoms with van der Waals surface area (Å²) in [6.45, 7) is 10.1. The van der Waals surface area contributed by atoms with Crippen molar-refractivity contribution in [2.75, 3.05) is 56.3 Å². The van der Waals surface area contributed by atoms with Crippen LogP contribution in [0.5, 0.6) is 0 Å². The molecule has 1 atom stereocenters. The lowest BCUT2D eigenvalue weighted by molar-refractivity contribution is -0.137. The topological polar surface area (TPSA) is 204 Å². The second-order valence-corrected chi connectivity index (χ2v) is 16.9. The van der Waals surface area contributed by atoms with E-state index in [1.54, 1.807) is 25.5 Å². The molecule has 1 aromatic rings. The molecule has 14 nitrogen and oxygen atoms in total. The van der Waals surface area contributed by atoms with Gasteiger partial charge in [-0.05, 0) is 75.4 Å². The molecule has 0 saturated heterocycles. The highest BCUT2D eigenvalue weighted by Gasteiger charge is 2.45. The van der Waals surface area contributed by atoms with Crippen LogP contribution >= 0.6 is 0 Å². The molecular weight excluding hydrogens is 775 g/mol. The maximum absolute atomic E-state index is 13.6. The molecule has 4 rings (SSSR count). The number of carbonyl (C=O) groups is 2. The number of ether oxygens (including phenoxy) is 1. The number of nitrogens with zero attached hydrogens (tertiary/aromatic N) is 2. The van der Waals surface area contributed by atoms with E-state index >= 15 is 0 Å². The summed E-state index contributed by atoms with van der Waals surface area (Å²) in [6.07, 6.45) is 9.94. The highest BCUT2D eigenvalue weighted by atomic mass is 32.2. The quantitative estimate of drug-likeness (QED) is 0.0568. The molecule has 0 saturated carbocycles. The normalized spacial score (nSPS) is 16.8. The van der Waals surface area contributed by atoms with Gasteiger partial charge in [0.2, 0.25) is 5.36 Å². The number of hydrogen-bond acceptors (Lipinski definition) is 9. The summed E-state index contributed by atoms with van der Waals surface area (Å²) in [5.41, 5.74) is 3.60. The van der Waals surface area contributed by atoms with Gasteiger partial charge in [-0.3, -0.25) is 18.7 Å². The Bertz CT molecular complexity index is 2140. The van der Waals surface area contributed by atoms with Crippen molar-refractivity contribution in [2.45, 2.75) is 78.1 Å². The molecule has 4 N–H and O–H groups in total. The average molecular weight is 833 g/mol. The maximum atomic E-state index is 13.6. The minimum atomic E-state index is -4.25. The number of benzene rings is 2. The van der Waals surface area contributed by atoms with E-state index < -0.39 is 37.4 Å². The molecule has 314 valence electrons. The van der Waals surface area contributed by atoms with Gasteiger partial charge in [-0.15, -0.1) is 0 Å². The first kappa shape index (κ1) is 47.0. The Morgan fingerprint density at radius 2 is 1.70 bits per heavy atom. The Morgan fingerprint density at radius 3 is 2.37 bits per heavy atom. The largest absolute Gasteiger partial charge is 0.481 e. The summed E-state index contributed by atoms with van der Waals surface area (Å²) < 4.78 is 77.9. The van der Waals surface area contributed by atoms with E-state index in [1.807, 2.05) is 80.8 Å². The number of methoxy groups -OCH3 is 1. The van der Waals surface area contributed by atoms with Crippen molar-refractivity contribution < 1.29 is 49.8 Å². The number of hydrogen-bond donors (Lipinski definition) is 4. The van der Waals surface area contributed by atoms with Crippen molar-refractivity contribution in [2.24, 2.45) is 0 Å². The molecule has 57 heavy (non-hydrogen) atoms. The first-order chi connectivity index (χ1) is 27.1. The molecule has 0 fully saturated rings. The van der Waals surface area contributed by atoms with Crippen LogP contribution in [0.4, 0.5) is 5.69 Å². The Kier molecular flexibility index (Phi) is 18.1. The SMILES string of the molecule is CC.CC[N+](CCCS(=O)(=O)O)=c1ccc2c(/C=C/C=C3/N(CCCCCC(=O)O)c4cccc(C(=O)NCCOC)c4C3(C)CCCS(=O)(=O)O)ccoc-2c1. The summed E-state index contributed by atoms with van der Waals surface area (Å²) in [6, 6.07) is 13.0. The van der Waals surface area contributed by atoms with Crippen LogP contribution in [-0.4, -0.2) is 94.3 Å². The second-order valence-electron chi connectivity index (χ2n) is 13.7. The number of carboxylic acid groups (broad SMARTS) is 1. The van der Waals surface area contributed by atoms with E-state index in [-0.39, 0.29) is 30.9 Å². The Labute approximate surface area is 336 Å². The Morgan fingerprint density at radius 1 is 0.982 bits per heavy atom. The van der Waals surface area contributed by atoms with Crippen molar-refractivity contribution in [1.82, 2.24) is 9.89 Å². The molecule has 2 heterocycles. The van der Waals surface area contributed by atoms with Crippen molar-refractivity contribution in [3.8, 4) is 11.3 Å². The Balaban J connectivity index is 0.00000428. The molecule has 1 aromatic carbocycles. The minimum Gasteiger partial charge on any atom is -0.481 e. The van der Waals surface area contributed by atoms with Crippen LogP contribution < -0.4 is 20.1 Å². The summed E-state index contributed by atoms with van der Waals surface area (Å²) >= 11 is 0. The van der Waals surface area contributed by atoms with Crippen LogP contribution in [0.3, 0.4) is 0 Å². The van der Waals surface area contributed by atoms with Crippen LogP contribution in [0.1, 0.15) is 94.1 Å². The van der Waals surface area contributed by atoms with Gasteiger partial charge in [0.15, 0.2) is 0 Å². The summed E-state index contributed by atoms with van der Waals surface area (Å²) in [5, 5.41) is 12.9. The third kappa shape index (κ3) is 13.6. The molecule has 3 aliphatic rings. The summed E-state index contributed by atoms with van der Waals surface area (Å²) in [7, 11) is -6.77. The standard InChI is InChI=1S/C39H51N3O11S2.C2H6/c1-4-41(22-11-27-55(49,50)51)30-17-18-31-29(19-24-53-34(31)28-30)12-8-15-35-39(2,20-10-26-54(46,47)48)37-32(38(45)40-21-25-52-3)13-9-14-33(37)42(35)23-7-5-6-16-36(43)44;1-2/h8-9,12-15,17-19,24,28H,4-7,10-11,16,20-23,25-27H2,1-3H3,(H3-,40,43,44,45,46,47,48,49,50,51);1-2H3/p+1. The number of allylic oxidation sites excluding steroid dienone is 3. The van der Waals surface area contributed by atoms with E-state index in [2.05, 4.69) is 10.2 Å². The molecule has 1 amide bonds. The smallest absolute Gasteiger partial charge is 0.303 e. The van der Waals surface area contributed by atoms with Crippen LogP contribution in [0, 0.1) is 0 Å². The number of unbranched alkanes of at least 4 members (excludes halogenated alkanes) is 2. The zero-order valence-corrected chi connectivity index (χ0v) is 35.2. The van der Waals surface area contributed by atoms with Crippen LogP contribution in [0.15, 0.2) is 71.0 Å². The van der Waals surface area contributed by atoms with E-state index in [1.165, 1.54) is 0 Å². The number of amides is 1. The number of anilines is 1. The number of fused-ring (bicyclic) bond motifs is 2. The lowest BCUT2D eigenvalue weighted by Crippen LogP contribution is -2.32. The average Bonchev–Trinajstić information content (AvgIpc) is 3.39. The number of rotatable bonds is 21. The van der Waals surface area contributed by atoms with Gasteiger partial charge in [-0.25, -0.2) is 4.58 Å². The first-order valence-corrected chi connectivity index (χ1v) is 22.6.